The van der Waals surface area contributed by atoms with Crippen LogP contribution in [0.2, 0.25) is 0 Å². The third-order valence-electron chi connectivity index (χ3n) is 0.358. The quantitative estimate of drug-likeness (QED) is 0.214. The molecular weight excluding hydrogens is 240 g/mol. The van der Waals surface area contributed by atoms with Crippen molar-refractivity contribution in [3.63, 3.8) is 0 Å². The van der Waals surface area contributed by atoms with E-state index in [4.69, 9.17) is 9.59 Å². The van der Waals surface area contributed by atoms with Crippen molar-refractivity contribution < 1.29 is 27.6 Å². The number of carbonyl (C=O) groups excluding carboxylic acids is 3. The van der Waals surface area contributed by atoms with Gasteiger partial charge >= 0.3 is 15.2 Å². The first-order valence-electron chi connectivity index (χ1n) is 2.62. The molecule has 0 aliphatic carbocycles. The Kier molecular flexibility index (Phi) is 8.64. The minimum atomic E-state index is -4.00. The van der Waals surface area contributed by atoms with Crippen LogP contribution in [0.1, 0.15) is 6.92 Å². The molecule has 0 radical (unpaired) electrons. The maximum absolute atomic E-state index is 9.71. The Labute approximate surface area is 82.8 Å². The Bertz CT molecular complexity index is 377. The van der Waals surface area contributed by atoms with Gasteiger partial charge in [0, 0.05) is 22.8 Å². The van der Waals surface area contributed by atoms with Crippen molar-refractivity contribution in [1.82, 2.24) is 0 Å². The van der Waals surface area contributed by atoms with Crippen LogP contribution < -0.4 is 0 Å². The number of halogens is 1. The van der Waals surface area contributed by atoms with Crippen molar-refractivity contribution in [1.29, 1.82) is 0 Å². The van der Waals surface area contributed by atoms with E-state index in [0.29, 0.717) is 0 Å². The molecule has 0 aromatic rings. The molecule has 0 aliphatic heterocycles. The molecule has 8 nitrogen and oxygen atoms in total. The van der Waals surface area contributed by atoms with Crippen LogP contribution in [0.25, 0.3) is 0 Å². The van der Waals surface area contributed by atoms with E-state index in [1.807, 2.05) is 0 Å². The minimum absolute atomic E-state index is 0.622. The second-order valence-electron chi connectivity index (χ2n) is 1.36. The molecule has 0 saturated heterocycles. The first-order valence-corrected chi connectivity index (χ1v) is 4.88. The average Bonchev–Trinajstić information content (AvgIpc) is 1.99. The number of carbonyl (C=O) groups is 1. The Hall–Kier alpha value is -1.53. The number of rotatable bonds is 2. The smallest absolute Gasteiger partial charge is 0.307 e. The fraction of sp³-hybridized carbons (Fsp3) is 0.250. The topological polar surface area (TPSA) is 119 Å². The molecule has 0 atom stereocenters. The molecule has 0 unspecified atom stereocenters. The second kappa shape index (κ2) is 8.09. The molecule has 14 heavy (non-hydrogen) atoms. The van der Waals surface area contributed by atoms with Crippen LogP contribution >= 0.6 is 10.7 Å². The molecule has 0 bridgehead atoms. The number of hydrogen-bond donors (Lipinski definition) is 0. The van der Waals surface area contributed by atoms with Gasteiger partial charge in [0.25, 0.3) is 12.2 Å². The van der Waals surface area contributed by atoms with E-state index >= 15 is 0 Å². The van der Waals surface area contributed by atoms with E-state index in [1.165, 1.54) is 0 Å². The van der Waals surface area contributed by atoms with E-state index in [0.717, 1.165) is 19.1 Å². The van der Waals surface area contributed by atoms with E-state index < -0.39 is 15.2 Å². The van der Waals surface area contributed by atoms with E-state index in [1.54, 1.807) is 0 Å². The van der Waals surface area contributed by atoms with Crippen LogP contribution in [0.15, 0.2) is 9.55 Å². The molecule has 0 amide bonds. The van der Waals surface area contributed by atoms with Crippen LogP contribution in [0.3, 0.4) is 0 Å². The van der Waals surface area contributed by atoms with Crippen molar-refractivity contribution in [3.8, 4) is 0 Å². The fourth-order valence-electron chi connectivity index (χ4n) is 0.127. The summed E-state index contributed by atoms with van der Waals surface area (Å²) in [6.45, 7) is 1.14. The molecule has 0 aromatic heterocycles. The Morgan fingerprint density at radius 1 is 1.36 bits per heavy atom. The predicted molar refractivity (Wildman–Crippen MR) is 42.8 cm³/mol. The van der Waals surface area contributed by atoms with Crippen LogP contribution in [0.4, 0.5) is 0 Å². The molecular formula is C4H3ClN2O6S. The van der Waals surface area contributed by atoms with Crippen molar-refractivity contribution in [3.05, 3.63) is 0 Å². The molecule has 0 rings (SSSR count). The Morgan fingerprint density at radius 2 is 1.86 bits per heavy atom. The lowest BCUT2D eigenvalue weighted by molar-refractivity contribution is -0.140. The summed E-state index contributed by atoms with van der Waals surface area (Å²) in [6.07, 6.45) is 1.79. The lowest BCUT2D eigenvalue weighted by atomic mass is 10.8. The Balaban J connectivity index is 0. The maximum Gasteiger partial charge on any atom is 0.350 e. The summed E-state index contributed by atoms with van der Waals surface area (Å²) in [6, 6.07) is 0. The number of hydrogen-bond acceptors (Lipinski definition) is 7. The van der Waals surface area contributed by atoms with E-state index in [2.05, 4.69) is 25.1 Å². The van der Waals surface area contributed by atoms with Gasteiger partial charge in [0.1, 0.15) is 0 Å². The molecule has 78 valence electrons. The molecule has 0 saturated carbocycles. The lowest BCUT2D eigenvalue weighted by Crippen LogP contribution is -1.88. The van der Waals surface area contributed by atoms with E-state index in [-0.39, 0.29) is 0 Å². The highest BCUT2D eigenvalue weighted by molar-refractivity contribution is 8.12. The van der Waals surface area contributed by atoms with Crippen molar-refractivity contribution >= 4 is 38.0 Å². The summed E-state index contributed by atoms with van der Waals surface area (Å²) in [5, 5.41) is 2.52. The monoisotopic (exact) mass is 242 g/mol. The summed E-state index contributed by atoms with van der Waals surface area (Å²) in [5.41, 5.74) is 0. The summed E-state index contributed by atoms with van der Waals surface area (Å²) in [4.78, 5) is 31.7. The van der Waals surface area contributed by atoms with Gasteiger partial charge in [0.15, 0.2) is 0 Å². The van der Waals surface area contributed by atoms with Gasteiger partial charge in [-0.1, -0.05) is 4.40 Å². The molecule has 0 aromatic carbocycles. The highest BCUT2D eigenvalue weighted by atomic mass is 35.7. The van der Waals surface area contributed by atoms with Gasteiger partial charge in [0.2, 0.25) is 0 Å². The van der Waals surface area contributed by atoms with Gasteiger partial charge in [-0.15, -0.1) is 0 Å². The summed E-state index contributed by atoms with van der Waals surface area (Å²) >= 11 is 0. The molecule has 10 heteroatoms. The number of isocyanates is 2. The zero-order valence-corrected chi connectivity index (χ0v) is 8.20. The predicted octanol–water partition coefficient (Wildman–Crippen LogP) is -0.394. The number of nitrogens with zero attached hydrogens (tertiary/aromatic N) is 2. The van der Waals surface area contributed by atoms with Crippen LogP contribution in [0.5, 0.6) is 0 Å². The third-order valence-corrected chi connectivity index (χ3v) is 0.857. The maximum atomic E-state index is 9.71. The normalized spacial score (nSPS) is 8.14. The van der Waals surface area contributed by atoms with Gasteiger partial charge in [-0.2, -0.15) is 8.42 Å². The van der Waals surface area contributed by atoms with Crippen molar-refractivity contribution in [2.24, 2.45) is 9.55 Å². The zero-order valence-electron chi connectivity index (χ0n) is 6.63. The molecule has 0 aliphatic rings. The summed E-state index contributed by atoms with van der Waals surface area (Å²) < 4.78 is 21.3. The van der Waals surface area contributed by atoms with Gasteiger partial charge in [0.05, 0.1) is 0 Å². The highest BCUT2D eigenvalue weighted by Crippen LogP contribution is 1.93. The van der Waals surface area contributed by atoms with E-state index in [9.17, 15) is 13.2 Å². The zero-order chi connectivity index (χ0) is 11.6. The lowest BCUT2D eigenvalue weighted by Gasteiger charge is -1.78. The minimum Gasteiger partial charge on any atom is -0.307 e. The largest absolute Gasteiger partial charge is 0.350 e. The fourth-order valence-corrected chi connectivity index (χ4v) is 0.301. The second-order valence-corrected chi connectivity index (χ2v) is 3.54. The third kappa shape index (κ3) is 22.4. The van der Waals surface area contributed by atoms with Gasteiger partial charge in [-0.25, -0.2) is 14.4 Å². The Morgan fingerprint density at radius 3 is 1.93 bits per heavy atom. The standard InChI is InChI=1S/C3H3NO3.CClNO3S/c1-3(6)7-4-2-5;2-7(5,6)3-1-4/h1H3;. The molecule has 0 spiro atoms. The van der Waals surface area contributed by atoms with Crippen LogP contribution in [0, 0.1) is 0 Å². The first-order chi connectivity index (χ1) is 6.33. The summed E-state index contributed by atoms with van der Waals surface area (Å²) in [5.74, 6) is -0.622. The molecule has 0 heterocycles. The summed E-state index contributed by atoms with van der Waals surface area (Å²) in [7, 11) is 0.376. The molecule has 0 fully saturated rings. The average molecular weight is 243 g/mol. The van der Waals surface area contributed by atoms with Crippen LogP contribution in [-0.2, 0) is 28.5 Å². The highest BCUT2D eigenvalue weighted by Gasteiger charge is 1.95. The van der Waals surface area contributed by atoms with Gasteiger partial charge < -0.3 is 4.84 Å². The van der Waals surface area contributed by atoms with Gasteiger partial charge in [-0.3, -0.25) is 0 Å². The SMILES string of the molecule is CC(=O)ON=C=O.O=C=NS(=O)(=O)Cl. The molecule has 0 N–H and O–H groups in total. The van der Waals surface area contributed by atoms with Crippen molar-refractivity contribution in [2.45, 2.75) is 6.92 Å². The van der Waals surface area contributed by atoms with Crippen molar-refractivity contribution in [2.75, 3.05) is 0 Å². The van der Waals surface area contributed by atoms with Crippen LogP contribution in [-0.4, -0.2) is 26.5 Å². The first kappa shape index (κ1) is 15.0. The van der Waals surface area contributed by atoms with Gasteiger partial charge in [-0.05, 0) is 0 Å².